The third-order valence-corrected chi connectivity index (χ3v) is 13.9. The number of carbonyl (C=O) groups is 2. The highest BCUT2D eigenvalue weighted by Gasteiger charge is 2.19. The Morgan fingerprint density at radius 3 is 1.49 bits per heavy atom. The summed E-state index contributed by atoms with van der Waals surface area (Å²) in [5.74, 6) is 0.0387. The largest absolute Gasteiger partial charge is 0.394 e. The van der Waals surface area contributed by atoms with Gasteiger partial charge < -0.3 is 32.7 Å². The predicted molar refractivity (Wildman–Crippen MR) is 298 cm³/mol. The number of aromatic nitrogens is 10. The Labute approximate surface area is 437 Å². The number of hydrogen-bond donors (Lipinski definition) is 6. The second kappa shape index (κ2) is 20.3. The first-order valence-electron chi connectivity index (χ1n) is 23.5. The van der Waals surface area contributed by atoms with Gasteiger partial charge in [-0.25, -0.2) is 29.3 Å². The maximum atomic E-state index is 12.8. The lowest BCUT2D eigenvalue weighted by atomic mass is 10.2. The molecule has 0 bridgehead atoms. The van der Waals surface area contributed by atoms with E-state index in [1.807, 2.05) is 161 Å². The van der Waals surface area contributed by atoms with E-state index < -0.39 is 0 Å². The molecule has 0 saturated carbocycles. The van der Waals surface area contributed by atoms with Crippen LogP contribution in [0.25, 0.3) is 43.8 Å². The van der Waals surface area contributed by atoms with Gasteiger partial charge in [0.05, 0.1) is 73.4 Å². The Morgan fingerprint density at radius 1 is 0.507 bits per heavy atom. The van der Waals surface area contributed by atoms with E-state index in [-0.39, 0.29) is 11.8 Å². The molecule has 75 heavy (non-hydrogen) atoms. The number of thiazole rings is 2. The van der Waals surface area contributed by atoms with Crippen molar-refractivity contribution in [2.45, 2.75) is 20.8 Å². The van der Waals surface area contributed by atoms with Crippen molar-refractivity contribution in [3.8, 4) is 32.5 Å². The molecule has 0 aliphatic rings. The number of nitrogens with one attached hydrogen (secondary N) is 4. The second-order valence-corrected chi connectivity index (χ2v) is 19.2. The topological polar surface area (TPSA) is 230 Å². The SMILES string of the molecule is Cc1nc(Nc2ccc(C(=O)Nc3nn(-c4ccccc4)cc3N)cc2)sc1-c1c(C)nc2ccccn12.Cc1nc2ccccn2c1-c1cnc(Nc2ccc(C(=O)Nc3nn(-c4ccccc4)cc3N)cc2)s1. The molecule has 0 spiro atoms. The third kappa shape index (κ3) is 10.0. The summed E-state index contributed by atoms with van der Waals surface area (Å²) < 4.78 is 7.42. The van der Waals surface area contributed by atoms with Crippen LogP contribution in [0.1, 0.15) is 37.8 Å². The molecule has 20 heteroatoms. The van der Waals surface area contributed by atoms with Crippen molar-refractivity contribution in [1.82, 2.24) is 48.3 Å². The smallest absolute Gasteiger partial charge is 0.256 e. The first-order chi connectivity index (χ1) is 36.5. The number of fused-ring (bicyclic) bond motifs is 2. The van der Waals surface area contributed by atoms with Crippen molar-refractivity contribution in [2.24, 2.45) is 0 Å². The summed E-state index contributed by atoms with van der Waals surface area (Å²) in [6, 6.07) is 45.4. The summed E-state index contributed by atoms with van der Waals surface area (Å²) in [7, 11) is 0. The Morgan fingerprint density at radius 2 is 0.973 bits per heavy atom. The first kappa shape index (κ1) is 47.4. The number of imidazole rings is 2. The van der Waals surface area contributed by atoms with Crippen molar-refractivity contribution in [1.29, 1.82) is 0 Å². The number of pyridine rings is 2. The zero-order chi connectivity index (χ0) is 51.6. The van der Waals surface area contributed by atoms with Gasteiger partial charge in [0.2, 0.25) is 0 Å². The summed E-state index contributed by atoms with van der Waals surface area (Å²) in [5, 5.41) is 22.6. The molecule has 12 rings (SSSR count). The fraction of sp³-hybridized carbons (Fsp3) is 0.0545. The van der Waals surface area contributed by atoms with Crippen LogP contribution in [-0.2, 0) is 0 Å². The molecule has 0 saturated heterocycles. The van der Waals surface area contributed by atoms with Crippen LogP contribution in [0.3, 0.4) is 0 Å². The minimum Gasteiger partial charge on any atom is -0.394 e. The highest BCUT2D eigenvalue weighted by molar-refractivity contribution is 7.19. The summed E-state index contributed by atoms with van der Waals surface area (Å²) >= 11 is 3.11. The third-order valence-electron chi connectivity index (χ3n) is 11.9. The molecule has 0 unspecified atom stereocenters. The van der Waals surface area contributed by atoms with Gasteiger partial charge in [-0.3, -0.25) is 18.4 Å². The fourth-order valence-corrected chi connectivity index (χ4v) is 10.3. The molecule has 0 aliphatic carbocycles. The molecule has 8 heterocycles. The zero-order valence-electron chi connectivity index (χ0n) is 40.5. The van der Waals surface area contributed by atoms with Crippen LogP contribution in [0.4, 0.5) is 44.6 Å². The Bertz CT molecular complexity index is 4000. The highest BCUT2D eigenvalue weighted by Crippen LogP contribution is 2.37. The van der Waals surface area contributed by atoms with Gasteiger partial charge >= 0.3 is 0 Å². The van der Waals surface area contributed by atoms with Gasteiger partial charge in [0.1, 0.15) is 11.3 Å². The molecular formula is C55H46N16O2S2. The lowest BCUT2D eigenvalue weighted by molar-refractivity contribution is 0.101. The van der Waals surface area contributed by atoms with E-state index in [0.717, 1.165) is 82.5 Å². The minimum atomic E-state index is -0.295. The molecular weight excluding hydrogens is 981 g/mol. The number of nitrogens with two attached hydrogens (primary N) is 2. The predicted octanol–water partition coefficient (Wildman–Crippen LogP) is 11.4. The van der Waals surface area contributed by atoms with Gasteiger partial charge in [0.15, 0.2) is 21.9 Å². The normalized spacial score (nSPS) is 11.1. The number of anilines is 8. The Balaban J connectivity index is 0.000000161. The van der Waals surface area contributed by atoms with E-state index in [2.05, 4.69) is 55.2 Å². The van der Waals surface area contributed by atoms with Gasteiger partial charge in [-0.2, -0.15) is 0 Å². The molecule has 2 amide bonds. The average Bonchev–Trinajstić information content (AvgIpc) is 4.30. The molecule has 0 radical (unpaired) electrons. The maximum Gasteiger partial charge on any atom is 0.256 e. The van der Waals surface area contributed by atoms with Crippen LogP contribution >= 0.6 is 22.7 Å². The molecule has 12 aromatic rings. The molecule has 18 nitrogen and oxygen atoms in total. The number of amides is 2. The van der Waals surface area contributed by atoms with Crippen LogP contribution in [0.15, 0.2) is 177 Å². The number of rotatable bonds is 12. The summed E-state index contributed by atoms with van der Waals surface area (Å²) in [5.41, 5.74) is 24.0. The van der Waals surface area contributed by atoms with Gasteiger partial charge in [-0.1, -0.05) is 71.2 Å². The standard InChI is InChI=1S/C28H24N8OS.C27H22N8OS/c1-17-24(35-15-7-6-10-23(35)30-17)25-18(2)31-28(38-25)32-20-13-11-19(12-14-20)27(37)33-26-22(29)16-36(34-26)21-8-4-3-5-9-21;1-17-24(34-14-6-5-9-23(34)30-17)22-15-29-27(37-22)31-19-12-10-18(11-13-19)26(36)32-25-21(28)16-35(33-25)20-7-3-2-4-8-20/h3-16H,29H2,1-2H3,(H,31,32)(H,33,34,37);2-16H,28H2,1H3,(H,29,31)(H,32,33,36). The van der Waals surface area contributed by atoms with Crippen molar-refractivity contribution in [2.75, 3.05) is 32.7 Å². The van der Waals surface area contributed by atoms with Crippen molar-refractivity contribution in [3.05, 3.63) is 205 Å². The first-order valence-corrected chi connectivity index (χ1v) is 25.1. The Hall–Kier alpha value is -9.92. The number of hydrogen-bond acceptors (Lipinski definition) is 14. The number of benzene rings is 4. The number of para-hydroxylation sites is 2. The number of nitrogens with zero attached hydrogens (tertiary/aromatic N) is 10. The summed E-state index contributed by atoms with van der Waals surface area (Å²) in [6.45, 7) is 6.01. The monoisotopic (exact) mass is 1030 g/mol. The number of carbonyl (C=O) groups excluding carboxylic acids is 2. The molecule has 0 atom stereocenters. The van der Waals surface area contributed by atoms with Gasteiger partial charge in [0, 0.05) is 41.1 Å². The van der Waals surface area contributed by atoms with Crippen LogP contribution < -0.4 is 32.7 Å². The Kier molecular flexibility index (Phi) is 12.8. The van der Waals surface area contributed by atoms with Crippen molar-refractivity contribution in [3.63, 3.8) is 0 Å². The number of aryl methyl sites for hydroxylation is 3. The van der Waals surface area contributed by atoms with E-state index >= 15 is 0 Å². The fourth-order valence-electron chi connectivity index (χ4n) is 8.32. The quantitative estimate of drug-likeness (QED) is 0.0671. The van der Waals surface area contributed by atoms with E-state index in [4.69, 9.17) is 16.5 Å². The van der Waals surface area contributed by atoms with Gasteiger partial charge in [0.25, 0.3) is 11.8 Å². The van der Waals surface area contributed by atoms with Gasteiger partial charge in [-0.15, -0.1) is 10.2 Å². The van der Waals surface area contributed by atoms with Crippen LogP contribution in [0.5, 0.6) is 0 Å². The van der Waals surface area contributed by atoms with Crippen LogP contribution in [0, 0.1) is 20.8 Å². The minimum absolute atomic E-state index is 0.294. The van der Waals surface area contributed by atoms with E-state index in [1.54, 1.807) is 68.7 Å². The molecule has 4 aromatic carbocycles. The van der Waals surface area contributed by atoms with E-state index in [9.17, 15) is 9.59 Å². The second-order valence-electron chi connectivity index (χ2n) is 17.2. The summed E-state index contributed by atoms with van der Waals surface area (Å²) in [6.07, 6.45) is 9.21. The van der Waals surface area contributed by atoms with Crippen molar-refractivity contribution >= 4 is 90.4 Å². The summed E-state index contributed by atoms with van der Waals surface area (Å²) in [4.78, 5) is 46.3. The molecule has 8 aromatic heterocycles. The molecule has 0 aliphatic heterocycles. The highest BCUT2D eigenvalue weighted by atomic mass is 32.1. The molecule has 0 fully saturated rings. The van der Waals surface area contributed by atoms with Crippen molar-refractivity contribution < 1.29 is 9.59 Å². The average molecular weight is 1030 g/mol. The van der Waals surface area contributed by atoms with E-state index in [0.29, 0.717) is 34.1 Å². The van der Waals surface area contributed by atoms with Crippen LogP contribution in [0.2, 0.25) is 0 Å². The van der Waals surface area contributed by atoms with Crippen LogP contribution in [-0.4, -0.2) is 60.1 Å². The maximum absolute atomic E-state index is 12.8. The lowest BCUT2D eigenvalue weighted by Gasteiger charge is -2.06. The number of nitrogen functional groups attached to an aromatic ring is 2. The van der Waals surface area contributed by atoms with Gasteiger partial charge in [-0.05, 0) is 118 Å². The zero-order valence-corrected chi connectivity index (χ0v) is 42.1. The van der Waals surface area contributed by atoms with E-state index in [1.165, 1.54) is 0 Å². The lowest BCUT2D eigenvalue weighted by Crippen LogP contribution is -2.13. The molecule has 8 N–H and O–H groups in total. The molecule has 370 valence electrons.